The summed E-state index contributed by atoms with van der Waals surface area (Å²) in [5.74, 6) is 0.279. The number of carbonyl (C=O) groups is 2. The third-order valence-corrected chi connectivity index (χ3v) is 4.37. The molecule has 118 valence electrons. The number of carbonyl (C=O) groups excluding carboxylic acids is 2. The standard InChI is InChI=1S/C17H15BrN2O3/c1-10-17(22)20(2)14-9-11(7-8-15(14)23-10)19-16(21)12-5-3-4-6-13(12)18/h3-10H,1-2H3,(H,19,21)/t10-/m0/s1. The highest BCUT2D eigenvalue weighted by atomic mass is 79.9. The van der Waals surface area contributed by atoms with Gasteiger partial charge in [-0.05, 0) is 53.2 Å². The van der Waals surface area contributed by atoms with Crippen LogP contribution in [0, 0.1) is 0 Å². The van der Waals surface area contributed by atoms with Crippen LogP contribution >= 0.6 is 15.9 Å². The molecule has 1 atom stereocenters. The van der Waals surface area contributed by atoms with Crippen molar-refractivity contribution in [3.63, 3.8) is 0 Å². The van der Waals surface area contributed by atoms with Crippen molar-refractivity contribution in [3.8, 4) is 5.75 Å². The monoisotopic (exact) mass is 374 g/mol. The zero-order chi connectivity index (χ0) is 16.6. The molecule has 0 fully saturated rings. The number of fused-ring (bicyclic) bond motifs is 1. The van der Waals surface area contributed by atoms with Crippen LogP contribution in [0.25, 0.3) is 0 Å². The summed E-state index contributed by atoms with van der Waals surface area (Å²) in [5.41, 5.74) is 1.78. The molecule has 0 saturated heterocycles. The van der Waals surface area contributed by atoms with E-state index in [0.29, 0.717) is 22.7 Å². The lowest BCUT2D eigenvalue weighted by molar-refractivity contribution is -0.125. The Labute approximate surface area is 142 Å². The van der Waals surface area contributed by atoms with Gasteiger partial charge in [0.2, 0.25) is 0 Å². The first kappa shape index (κ1) is 15.6. The highest BCUT2D eigenvalue weighted by molar-refractivity contribution is 9.10. The van der Waals surface area contributed by atoms with Crippen molar-refractivity contribution >= 4 is 39.1 Å². The number of halogens is 1. The minimum Gasteiger partial charge on any atom is -0.479 e. The number of amides is 2. The van der Waals surface area contributed by atoms with Gasteiger partial charge in [-0.15, -0.1) is 0 Å². The van der Waals surface area contributed by atoms with E-state index in [1.807, 2.05) is 12.1 Å². The molecule has 2 aromatic rings. The summed E-state index contributed by atoms with van der Waals surface area (Å²) in [6.45, 7) is 1.71. The average Bonchev–Trinajstić information content (AvgIpc) is 2.54. The molecule has 1 aliphatic rings. The molecule has 0 bridgehead atoms. The molecule has 3 rings (SSSR count). The van der Waals surface area contributed by atoms with Gasteiger partial charge in [0.1, 0.15) is 5.75 Å². The number of benzene rings is 2. The van der Waals surface area contributed by atoms with Crippen LogP contribution in [0.1, 0.15) is 17.3 Å². The maximum Gasteiger partial charge on any atom is 0.267 e. The van der Waals surface area contributed by atoms with Crippen LogP contribution in [0.4, 0.5) is 11.4 Å². The molecule has 1 N–H and O–H groups in total. The van der Waals surface area contributed by atoms with Crippen molar-refractivity contribution in [2.75, 3.05) is 17.3 Å². The van der Waals surface area contributed by atoms with E-state index in [1.165, 1.54) is 4.90 Å². The van der Waals surface area contributed by atoms with Crippen LogP contribution in [0.5, 0.6) is 5.75 Å². The molecule has 0 radical (unpaired) electrons. The van der Waals surface area contributed by atoms with Crippen LogP contribution in [-0.2, 0) is 4.79 Å². The average molecular weight is 375 g/mol. The van der Waals surface area contributed by atoms with Crippen molar-refractivity contribution in [2.24, 2.45) is 0 Å². The predicted molar refractivity (Wildman–Crippen MR) is 92.0 cm³/mol. The SMILES string of the molecule is C[C@@H]1Oc2ccc(NC(=O)c3ccccc3Br)cc2N(C)C1=O. The predicted octanol–water partition coefficient (Wildman–Crippen LogP) is 3.45. The van der Waals surface area contributed by atoms with E-state index >= 15 is 0 Å². The highest BCUT2D eigenvalue weighted by Gasteiger charge is 2.29. The molecule has 2 amide bonds. The lowest BCUT2D eigenvalue weighted by Crippen LogP contribution is -2.41. The van der Waals surface area contributed by atoms with Gasteiger partial charge in [0.05, 0.1) is 11.3 Å². The molecular formula is C17H15BrN2O3. The van der Waals surface area contributed by atoms with E-state index in [0.717, 1.165) is 4.47 Å². The lowest BCUT2D eigenvalue weighted by Gasteiger charge is -2.30. The highest BCUT2D eigenvalue weighted by Crippen LogP contribution is 2.35. The Kier molecular flexibility index (Phi) is 4.09. The summed E-state index contributed by atoms with van der Waals surface area (Å²) in [5, 5.41) is 2.83. The number of anilines is 2. The fourth-order valence-electron chi connectivity index (χ4n) is 2.43. The van der Waals surface area contributed by atoms with E-state index < -0.39 is 6.10 Å². The van der Waals surface area contributed by atoms with E-state index in [4.69, 9.17) is 4.74 Å². The van der Waals surface area contributed by atoms with Gasteiger partial charge in [-0.2, -0.15) is 0 Å². The number of rotatable bonds is 2. The molecule has 0 aliphatic carbocycles. The number of nitrogens with zero attached hydrogens (tertiary/aromatic N) is 1. The van der Waals surface area contributed by atoms with Crippen LogP contribution in [0.2, 0.25) is 0 Å². The van der Waals surface area contributed by atoms with Gasteiger partial charge in [-0.3, -0.25) is 9.59 Å². The maximum absolute atomic E-state index is 12.3. The Morgan fingerprint density at radius 3 is 2.74 bits per heavy atom. The topological polar surface area (TPSA) is 58.6 Å². The number of ether oxygens (including phenoxy) is 1. The van der Waals surface area contributed by atoms with Crippen LogP contribution in [-0.4, -0.2) is 25.0 Å². The van der Waals surface area contributed by atoms with Crippen molar-refractivity contribution in [3.05, 3.63) is 52.5 Å². The van der Waals surface area contributed by atoms with Crippen LogP contribution in [0.3, 0.4) is 0 Å². The summed E-state index contributed by atoms with van der Waals surface area (Å²) in [6, 6.07) is 12.4. The van der Waals surface area contributed by atoms with E-state index in [-0.39, 0.29) is 11.8 Å². The second-order valence-corrected chi connectivity index (χ2v) is 6.13. The Hall–Kier alpha value is -2.34. The molecule has 23 heavy (non-hydrogen) atoms. The van der Waals surface area contributed by atoms with Gasteiger partial charge >= 0.3 is 0 Å². The zero-order valence-corrected chi connectivity index (χ0v) is 14.3. The summed E-state index contributed by atoms with van der Waals surface area (Å²) in [7, 11) is 1.69. The Morgan fingerprint density at radius 2 is 2.00 bits per heavy atom. The van der Waals surface area contributed by atoms with Gasteiger partial charge in [-0.1, -0.05) is 12.1 Å². The third-order valence-electron chi connectivity index (χ3n) is 3.68. The summed E-state index contributed by atoms with van der Waals surface area (Å²) >= 11 is 3.36. The summed E-state index contributed by atoms with van der Waals surface area (Å²) in [6.07, 6.45) is -0.506. The van der Waals surface area contributed by atoms with Gasteiger partial charge in [0.25, 0.3) is 11.8 Å². The number of likely N-dealkylation sites (N-methyl/N-ethyl adjacent to an activating group) is 1. The molecule has 0 saturated carbocycles. The van der Waals surface area contributed by atoms with E-state index in [9.17, 15) is 9.59 Å². The molecule has 6 heteroatoms. The van der Waals surface area contributed by atoms with Crippen molar-refractivity contribution < 1.29 is 14.3 Å². The van der Waals surface area contributed by atoms with Crippen molar-refractivity contribution in [2.45, 2.75) is 13.0 Å². The van der Waals surface area contributed by atoms with E-state index in [1.54, 1.807) is 44.3 Å². The molecular weight excluding hydrogens is 360 g/mol. The molecule has 5 nitrogen and oxygen atoms in total. The molecule has 2 aromatic carbocycles. The van der Waals surface area contributed by atoms with Gasteiger partial charge in [0.15, 0.2) is 6.10 Å². The maximum atomic E-state index is 12.3. The minimum atomic E-state index is -0.506. The van der Waals surface area contributed by atoms with Crippen LogP contribution in [0.15, 0.2) is 46.9 Å². The summed E-state index contributed by atoms with van der Waals surface area (Å²) in [4.78, 5) is 25.9. The number of hydrogen-bond donors (Lipinski definition) is 1. The first-order valence-electron chi connectivity index (χ1n) is 7.11. The fourth-order valence-corrected chi connectivity index (χ4v) is 2.90. The first-order valence-corrected chi connectivity index (χ1v) is 7.91. The molecule has 0 unspecified atom stereocenters. The Balaban J connectivity index is 1.87. The largest absolute Gasteiger partial charge is 0.479 e. The fraction of sp³-hybridized carbons (Fsp3) is 0.176. The number of hydrogen-bond acceptors (Lipinski definition) is 3. The smallest absolute Gasteiger partial charge is 0.267 e. The second kappa shape index (κ2) is 6.04. The molecule has 1 heterocycles. The first-order chi connectivity index (χ1) is 11.0. The molecule has 0 spiro atoms. The molecule has 1 aliphatic heterocycles. The summed E-state index contributed by atoms with van der Waals surface area (Å²) < 4.78 is 6.29. The van der Waals surface area contributed by atoms with Crippen molar-refractivity contribution in [1.29, 1.82) is 0 Å². The Bertz CT molecular complexity index is 791. The Morgan fingerprint density at radius 1 is 1.26 bits per heavy atom. The van der Waals surface area contributed by atoms with Gasteiger partial charge < -0.3 is 15.0 Å². The van der Waals surface area contributed by atoms with Gasteiger partial charge in [0, 0.05) is 17.2 Å². The second-order valence-electron chi connectivity index (χ2n) is 5.27. The molecule has 0 aromatic heterocycles. The van der Waals surface area contributed by atoms with Crippen molar-refractivity contribution in [1.82, 2.24) is 0 Å². The quantitative estimate of drug-likeness (QED) is 0.875. The number of nitrogens with one attached hydrogen (secondary N) is 1. The van der Waals surface area contributed by atoms with Crippen LogP contribution < -0.4 is 15.0 Å². The van der Waals surface area contributed by atoms with Gasteiger partial charge in [-0.25, -0.2) is 0 Å². The normalized spacial score (nSPS) is 16.6. The zero-order valence-electron chi connectivity index (χ0n) is 12.7. The lowest BCUT2D eigenvalue weighted by atomic mass is 10.1. The minimum absolute atomic E-state index is 0.119. The van der Waals surface area contributed by atoms with E-state index in [2.05, 4.69) is 21.2 Å². The third kappa shape index (κ3) is 2.94.